The number of amides is 1. The van der Waals surface area contributed by atoms with E-state index in [4.69, 9.17) is 11.6 Å². The molecule has 1 aromatic heterocycles. The zero-order valence-electron chi connectivity index (χ0n) is 12.5. The summed E-state index contributed by atoms with van der Waals surface area (Å²) in [5.74, 6) is 0.417. The molecule has 0 unspecified atom stereocenters. The minimum Gasteiger partial charge on any atom is -0.342 e. The highest BCUT2D eigenvalue weighted by Crippen LogP contribution is 2.26. The molecule has 0 N–H and O–H groups in total. The maximum atomic E-state index is 11.5. The molecule has 0 bridgehead atoms. The number of nitrogens with zero attached hydrogens (tertiary/aromatic N) is 3. The average Bonchev–Trinajstić information content (AvgIpc) is 2.56. The van der Waals surface area contributed by atoms with Crippen molar-refractivity contribution in [2.24, 2.45) is 0 Å². The maximum absolute atomic E-state index is 11.5. The van der Waals surface area contributed by atoms with Gasteiger partial charge in [0, 0.05) is 42.7 Å². The van der Waals surface area contributed by atoms with E-state index in [1.54, 1.807) is 13.1 Å². The van der Waals surface area contributed by atoms with Gasteiger partial charge in [-0.05, 0) is 25.0 Å². The first-order chi connectivity index (χ1) is 10.6. The van der Waals surface area contributed by atoms with Crippen LogP contribution in [0.1, 0.15) is 31.4 Å². The van der Waals surface area contributed by atoms with Crippen molar-refractivity contribution in [1.82, 2.24) is 14.9 Å². The van der Waals surface area contributed by atoms with Crippen LogP contribution in [0.2, 0.25) is 5.02 Å². The van der Waals surface area contributed by atoms with Gasteiger partial charge < -0.3 is 4.90 Å². The standard InChI is InChI=1S/C17H18ClN3O/c1-12(22)21-8-2-3-14(11-21)17-10-19-16(9-20-17)13-4-6-15(18)7-5-13/h4-7,9-10,14H,2-3,8,11H2,1H3/t14-/m1/s1. The van der Waals surface area contributed by atoms with E-state index in [9.17, 15) is 4.79 Å². The molecule has 0 spiro atoms. The first-order valence-electron chi connectivity index (χ1n) is 7.47. The van der Waals surface area contributed by atoms with Gasteiger partial charge in [0.2, 0.25) is 5.91 Å². The lowest BCUT2D eigenvalue weighted by Crippen LogP contribution is -2.37. The Morgan fingerprint density at radius 3 is 2.64 bits per heavy atom. The van der Waals surface area contributed by atoms with Crippen molar-refractivity contribution in [2.45, 2.75) is 25.7 Å². The fourth-order valence-corrected chi connectivity index (χ4v) is 2.95. The average molecular weight is 316 g/mol. The maximum Gasteiger partial charge on any atom is 0.219 e. The summed E-state index contributed by atoms with van der Waals surface area (Å²) in [6.07, 6.45) is 5.70. The summed E-state index contributed by atoms with van der Waals surface area (Å²) in [5.41, 5.74) is 2.79. The summed E-state index contributed by atoms with van der Waals surface area (Å²) in [4.78, 5) is 22.5. The number of benzene rings is 1. The molecular formula is C17H18ClN3O. The normalized spacial score (nSPS) is 18.3. The highest BCUT2D eigenvalue weighted by molar-refractivity contribution is 6.30. The first-order valence-corrected chi connectivity index (χ1v) is 7.84. The van der Waals surface area contributed by atoms with E-state index in [2.05, 4.69) is 9.97 Å². The van der Waals surface area contributed by atoms with E-state index < -0.39 is 0 Å². The van der Waals surface area contributed by atoms with Crippen LogP contribution in [0.4, 0.5) is 0 Å². The summed E-state index contributed by atoms with van der Waals surface area (Å²) in [6.45, 7) is 3.21. The van der Waals surface area contributed by atoms with E-state index in [0.717, 1.165) is 42.9 Å². The Kier molecular flexibility index (Phi) is 4.39. The number of aromatic nitrogens is 2. The van der Waals surface area contributed by atoms with Gasteiger partial charge in [-0.25, -0.2) is 0 Å². The summed E-state index contributed by atoms with van der Waals surface area (Å²) in [5, 5.41) is 0.708. The second-order valence-corrected chi connectivity index (χ2v) is 6.07. The Labute approximate surface area is 135 Å². The van der Waals surface area contributed by atoms with Gasteiger partial charge >= 0.3 is 0 Å². The molecular weight excluding hydrogens is 298 g/mol. The van der Waals surface area contributed by atoms with Gasteiger partial charge in [-0.2, -0.15) is 0 Å². The van der Waals surface area contributed by atoms with Crippen LogP contribution in [0.15, 0.2) is 36.7 Å². The van der Waals surface area contributed by atoms with Crippen molar-refractivity contribution in [3.8, 4) is 11.3 Å². The van der Waals surface area contributed by atoms with E-state index in [1.165, 1.54) is 0 Å². The van der Waals surface area contributed by atoms with Gasteiger partial charge in [0.15, 0.2) is 0 Å². The highest BCUT2D eigenvalue weighted by Gasteiger charge is 2.23. The number of hydrogen-bond donors (Lipinski definition) is 0. The van der Waals surface area contributed by atoms with Crippen LogP contribution in [0.25, 0.3) is 11.3 Å². The van der Waals surface area contributed by atoms with Gasteiger partial charge in [-0.3, -0.25) is 14.8 Å². The predicted octanol–water partition coefficient (Wildman–Crippen LogP) is 3.52. The van der Waals surface area contributed by atoms with E-state index in [1.807, 2.05) is 35.4 Å². The molecule has 1 amide bonds. The number of halogens is 1. The number of carbonyl (C=O) groups is 1. The van der Waals surface area contributed by atoms with Crippen LogP contribution in [0, 0.1) is 0 Å². The molecule has 1 aromatic carbocycles. The van der Waals surface area contributed by atoms with Crippen molar-refractivity contribution in [3.63, 3.8) is 0 Å². The van der Waals surface area contributed by atoms with Crippen molar-refractivity contribution in [2.75, 3.05) is 13.1 Å². The van der Waals surface area contributed by atoms with Crippen molar-refractivity contribution in [3.05, 3.63) is 47.4 Å². The Morgan fingerprint density at radius 2 is 2.00 bits per heavy atom. The lowest BCUT2D eigenvalue weighted by atomic mass is 9.95. The van der Waals surface area contributed by atoms with E-state index >= 15 is 0 Å². The monoisotopic (exact) mass is 315 g/mol. The number of rotatable bonds is 2. The zero-order chi connectivity index (χ0) is 15.5. The minimum absolute atomic E-state index is 0.135. The molecule has 114 valence electrons. The number of carbonyl (C=O) groups excluding carboxylic acids is 1. The summed E-state index contributed by atoms with van der Waals surface area (Å²) in [7, 11) is 0. The minimum atomic E-state index is 0.135. The zero-order valence-corrected chi connectivity index (χ0v) is 13.3. The molecule has 3 rings (SSSR count). The molecule has 0 aliphatic carbocycles. The quantitative estimate of drug-likeness (QED) is 0.851. The van der Waals surface area contributed by atoms with Crippen LogP contribution in [-0.2, 0) is 4.79 Å². The third-order valence-electron chi connectivity index (χ3n) is 4.10. The molecule has 1 atom stereocenters. The third-order valence-corrected chi connectivity index (χ3v) is 4.35. The summed E-state index contributed by atoms with van der Waals surface area (Å²) >= 11 is 5.90. The van der Waals surface area contributed by atoms with Crippen LogP contribution < -0.4 is 0 Å². The molecule has 22 heavy (non-hydrogen) atoms. The molecule has 0 saturated carbocycles. The van der Waals surface area contributed by atoms with Crippen LogP contribution >= 0.6 is 11.6 Å². The Morgan fingerprint density at radius 1 is 1.23 bits per heavy atom. The topological polar surface area (TPSA) is 46.1 Å². The molecule has 2 heterocycles. The van der Waals surface area contributed by atoms with Crippen LogP contribution in [-0.4, -0.2) is 33.9 Å². The van der Waals surface area contributed by atoms with Crippen molar-refractivity contribution in [1.29, 1.82) is 0 Å². The van der Waals surface area contributed by atoms with Crippen molar-refractivity contribution < 1.29 is 4.79 Å². The Hall–Kier alpha value is -1.94. The molecule has 0 radical (unpaired) electrons. The third kappa shape index (κ3) is 3.28. The molecule has 1 saturated heterocycles. The fourth-order valence-electron chi connectivity index (χ4n) is 2.82. The van der Waals surface area contributed by atoms with Gasteiger partial charge in [0.1, 0.15) is 0 Å². The molecule has 4 nitrogen and oxygen atoms in total. The second-order valence-electron chi connectivity index (χ2n) is 5.64. The summed E-state index contributed by atoms with van der Waals surface area (Å²) < 4.78 is 0. The molecule has 1 aliphatic rings. The van der Waals surface area contributed by atoms with Gasteiger partial charge in [0.05, 0.1) is 17.6 Å². The summed E-state index contributed by atoms with van der Waals surface area (Å²) in [6, 6.07) is 7.56. The Bertz CT molecular complexity index is 655. The molecule has 1 aliphatic heterocycles. The first kappa shape index (κ1) is 15.0. The Balaban J connectivity index is 1.76. The molecule has 5 heteroatoms. The number of hydrogen-bond acceptors (Lipinski definition) is 3. The lowest BCUT2D eigenvalue weighted by molar-refractivity contribution is -0.130. The SMILES string of the molecule is CC(=O)N1CCC[C@@H](c2cnc(-c3ccc(Cl)cc3)cn2)C1. The smallest absolute Gasteiger partial charge is 0.219 e. The van der Waals surface area contributed by atoms with E-state index in [0.29, 0.717) is 5.02 Å². The molecule has 2 aromatic rings. The predicted molar refractivity (Wildman–Crippen MR) is 86.7 cm³/mol. The van der Waals surface area contributed by atoms with Crippen LogP contribution in [0.5, 0.6) is 0 Å². The van der Waals surface area contributed by atoms with E-state index in [-0.39, 0.29) is 11.8 Å². The fraction of sp³-hybridized carbons (Fsp3) is 0.353. The number of likely N-dealkylation sites (tertiary alicyclic amines) is 1. The van der Waals surface area contributed by atoms with Crippen molar-refractivity contribution >= 4 is 17.5 Å². The van der Waals surface area contributed by atoms with Gasteiger partial charge in [0.25, 0.3) is 0 Å². The lowest BCUT2D eigenvalue weighted by Gasteiger charge is -2.31. The largest absolute Gasteiger partial charge is 0.342 e. The molecule has 1 fully saturated rings. The van der Waals surface area contributed by atoms with Gasteiger partial charge in [-0.1, -0.05) is 23.7 Å². The number of piperidine rings is 1. The van der Waals surface area contributed by atoms with Crippen LogP contribution in [0.3, 0.4) is 0 Å². The second kappa shape index (κ2) is 6.44. The van der Waals surface area contributed by atoms with Gasteiger partial charge in [-0.15, -0.1) is 0 Å². The highest BCUT2D eigenvalue weighted by atomic mass is 35.5.